The first-order valence-corrected chi connectivity index (χ1v) is 32.4. The van der Waals surface area contributed by atoms with Crippen LogP contribution in [-0.2, 0) is 32.7 Å². The Bertz CT molecular complexity index is 1600. The molecule has 0 bridgehead atoms. The molecule has 0 aromatic rings. The normalized spacial score (nSPS) is 13.9. The fourth-order valence-corrected chi connectivity index (χ4v) is 9.05. The fraction of sp³-hybridized carbons (Fsp3) is 0.727. The lowest BCUT2D eigenvalue weighted by Crippen LogP contribution is -2.37. The number of ether oxygens (including phenoxy) is 2. The molecule has 0 rings (SSSR count). The van der Waals surface area contributed by atoms with E-state index in [4.69, 9.17) is 18.5 Å². The van der Waals surface area contributed by atoms with E-state index in [1.54, 1.807) is 0 Å². The molecule has 0 spiro atoms. The highest BCUT2D eigenvalue weighted by Crippen LogP contribution is 2.38. The monoisotopic (exact) mass is 1080 g/mol. The number of quaternary nitrogens is 1. The standard InChI is InChI=1S/C66H116NO8P/c1-6-8-10-12-14-16-18-19-20-21-22-23-24-25-26-27-28-29-30-31-32-33-34-35-36-37-38-39-40-41-42-43-44-45-46-47-49-51-53-55-57-59-66(69)75-64(63-74-76(70,71)73-61-60-67(3,4)5)62-72-65(68)58-56-54-52-50-48-17-15-13-11-9-7-2/h8,10,13-16,19-20,22-23,25-26,28-29,31-32,64H,6-7,9,11-12,17-18,21,24,27,30,33-63H2,1-5H3/b10-8-,15-13-,16-14-,20-19-,23-22-,26-25-,29-28-,32-31-. The summed E-state index contributed by atoms with van der Waals surface area (Å²) in [6.45, 7) is 4.08. The number of carbonyl (C=O) groups excluding carboxylic acids is 2. The third-order valence-corrected chi connectivity index (χ3v) is 14.1. The van der Waals surface area contributed by atoms with E-state index in [0.29, 0.717) is 17.4 Å². The van der Waals surface area contributed by atoms with E-state index in [-0.39, 0.29) is 26.1 Å². The summed E-state index contributed by atoms with van der Waals surface area (Å²) in [5, 5.41) is 0. The van der Waals surface area contributed by atoms with Crippen molar-refractivity contribution >= 4 is 19.8 Å². The number of unbranched alkanes of at least 4 members (excludes halogenated alkanes) is 26. The summed E-state index contributed by atoms with van der Waals surface area (Å²) in [4.78, 5) is 37.7. The lowest BCUT2D eigenvalue weighted by molar-refractivity contribution is -0.870. The Morgan fingerprint density at radius 3 is 1.13 bits per heavy atom. The van der Waals surface area contributed by atoms with Crippen LogP contribution in [0.2, 0.25) is 0 Å². The maximum absolute atomic E-state index is 12.8. The largest absolute Gasteiger partial charge is 0.756 e. The van der Waals surface area contributed by atoms with Gasteiger partial charge in [0.25, 0.3) is 7.82 Å². The molecule has 0 fully saturated rings. The van der Waals surface area contributed by atoms with Crippen LogP contribution in [0.5, 0.6) is 0 Å². The van der Waals surface area contributed by atoms with Crippen molar-refractivity contribution in [2.24, 2.45) is 0 Å². The quantitative estimate of drug-likeness (QED) is 0.0195. The average molecular weight is 1080 g/mol. The molecular weight excluding hydrogens is 966 g/mol. The number of carbonyl (C=O) groups is 2. The Morgan fingerprint density at radius 1 is 0.421 bits per heavy atom. The van der Waals surface area contributed by atoms with Crippen LogP contribution in [-0.4, -0.2) is 70.0 Å². The summed E-state index contributed by atoms with van der Waals surface area (Å²) >= 11 is 0. The molecule has 0 aliphatic heterocycles. The van der Waals surface area contributed by atoms with Crippen LogP contribution >= 0.6 is 7.82 Å². The van der Waals surface area contributed by atoms with Crippen molar-refractivity contribution in [3.63, 3.8) is 0 Å². The van der Waals surface area contributed by atoms with Gasteiger partial charge in [0.15, 0.2) is 6.10 Å². The zero-order chi connectivity index (χ0) is 55.6. The first kappa shape index (κ1) is 72.9. The summed E-state index contributed by atoms with van der Waals surface area (Å²) in [5.41, 5.74) is 0. The lowest BCUT2D eigenvalue weighted by Gasteiger charge is -2.28. The molecule has 2 unspecified atom stereocenters. The van der Waals surface area contributed by atoms with Gasteiger partial charge in [-0.2, -0.15) is 0 Å². The number of allylic oxidation sites excluding steroid dienone is 16. The van der Waals surface area contributed by atoms with Gasteiger partial charge in [0.05, 0.1) is 27.7 Å². The maximum Gasteiger partial charge on any atom is 0.306 e. The molecule has 10 heteroatoms. The van der Waals surface area contributed by atoms with E-state index in [0.717, 1.165) is 109 Å². The van der Waals surface area contributed by atoms with Crippen LogP contribution in [0.1, 0.15) is 258 Å². The number of nitrogens with zero attached hydrogens (tertiary/aromatic N) is 1. The number of hydrogen-bond donors (Lipinski definition) is 0. The number of esters is 2. The number of phosphoric acid groups is 1. The molecule has 0 radical (unpaired) electrons. The van der Waals surface area contributed by atoms with Gasteiger partial charge in [-0.15, -0.1) is 0 Å². The first-order valence-electron chi connectivity index (χ1n) is 30.9. The van der Waals surface area contributed by atoms with E-state index >= 15 is 0 Å². The summed E-state index contributed by atoms with van der Waals surface area (Å²) in [6.07, 6.45) is 77.8. The molecule has 0 N–H and O–H groups in total. The smallest absolute Gasteiger partial charge is 0.306 e. The minimum Gasteiger partial charge on any atom is -0.756 e. The summed E-state index contributed by atoms with van der Waals surface area (Å²) in [5.74, 6) is -0.842. The number of phosphoric ester groups is 1. The van der Waals surface area contributed by atoms with Crippen molar-refractivity contribution in [2.45, 2.75) is 264 Å². The van der Waals surface area contributed by atoms with Crippen LogP contribution in [0.4, 0.5) is 0 Å². The van der Waals surface area contributed by atoms with Crippen LogP contribution in [0, 0.1) is 0 Å². The Kier molecular flexibility index (Phi) is 54.4. The molecule has 0 saturated carbocycles. The fourth-order valence-electron chi connectivity index (χ4n) is 8.32. The molecule has 0 saturated heterocycles. The van der Waals surface area contributed by atoms with Crippen molar-refractivity contribution in [3.05, 3.63) is 97.2 Å². The van der Waals surface area contributed by atoms with Crippen molar-refractivity contribution < 1.29 is 42.1 Å². The molecule has 9 nitrogen and oxygen atoms in total. The Labute approximate surface area is 468 Å². The second-order valence-electron chi connectivity index (χ2n) is 21.7. The molecule has 2 atom stereocenters. The second-order valence-corrected chi connectivity index (χ2v) is 23.1. The van der Waals surface area contributed by atoms with Gasteiger partial charge in [-0.3, -0.25) is 14.2 Å². The predicted molar refractivity (Wildman–Crippen MR) is 323 cm³/mol. The van der Waals surface area contributed by atoms with Crippen LogP contribution in [0.3, 0.4) is 0 Å². The highest BCUT2D eigenvalue weighted by atomic mass is 31.2. The van der Waals surface area contributed by atoms with Crippen molar-refractivity contribution in [1.29, 1.82) is 0 Å². The molecule has 0 aliphatic carbocycles. The van der Waals surface area contributed by atoms with E-state index in [1.807, 2.05) is 21.1 Å². The maximum atomic E-state index is 12.8. The zero-order valence-corrected chi connectivity index (χ0v) is 50.6. The van der Waals surface area contributed by atoms with Crippen LogP contribution in [0.15, 0.2) is 97.2 Å². The van der Waals surface area contributed by atoms with Gasteiger partial charge in [-0.05, 0) is 89.9 Å². The Hall–Kier alpha value is -3.07. The highest BCUT2D eigenvalue weighted by molar-refractivity contribution is 7.45. The molecule has 0 aromatic carbocycles. The van der Waals surface area contributed by atoms with Crippen molar-refractivity contribution in [2.75, 3.05) is 47.5 Å². The van der Waals surface area contributed by atoms with E-state index in [9.17, 15) is 19.0 Å². The number of hydrogen-bond acceptors (Lipinski definition) is 8. The van der Waals surface area contributed by atoms with Crippen molar-refractivity contribution in [1.82, 2.24) is 0 Å². The Morgan fingerprint density at radius 2 is 0.750 bits per heavy atom. The van der Waals surface area contributed by atoms with E-state index < -0.39 is 32.5 Å². The number of likely N-dealkylation sites (N-methyl/N-ethyl adjacent to an activating group) is 1. The third-order valence-electron chi connectivity index (χ3n) is 13.1. The van der Waals surface area contributed by atoms with Gasteiger partial charge < -0.3 is 27.9 Å². The van der Waals surface area contributed by atoms with Gasteiger partial charge in [0.1, 0.15) is 19.8 Å². The van der Waals surface area contributed by atoms with Gasteiger partial charge in [-0.25, -0.2) is 0 Å². The molecule has 0 heterocycles. The molecule has 0 amide bonds. The Balaban J connectivity index is 3.91. The first-order chi connectivity index (χ1) is 37.0. The highest BCUT2D eigenvalue weighted by Gasteiger charge is 2.22. The lowest BCUT2D eigenvalue weighted by atomic mass is 10.0. The van der Waals surface area contributed by atoms with Crippen molar-refractivity contribution in [3.8, 4) is 0 Å². The topological polar surface area (TPSA) is 111 Å². The molecule has 76 heavy (non-hydrogen) atoms. The second kappa shape index (κ2) is 56.6. The zero-order valence-electron chi connectivity index (χ0n) is 49.7. The van der Waals surface area contributed by atoms with E-state index in [2.05, 4.69) is 111 Å². The minimum absolute atomic E-state index is 0.0334. The molecular formula is C66H116NO8P. The summed E-state index contributed by atoms with van der Waals surface area (Å²) in [6, 6.07) is 0. The molecule has 438 valence electrons. The van der Waals surface area contributed by atoms with Crippen LogP contribution < -0.4 is 4.89 Å². The minimum atomic E-state index is -4.63. The van der Waals surface area contributed by atoms with Crippen LogP contribution in [0.25, 0.3) is 0 Å². The molecule has 0 aliphatic rings. The summed E-state index contributed by atoms with van der Waals surface area (Å²) < 4.78 is 34.1. The average Bonchev–Trinajstić information content (AvgIpc) is 3.38. The summed E-state index contributed by atoms with van der Waals surface area (Å²) in [7, 11) is 1.16. The molecule has 0 aromatic heterocycles. The SMILES string of the molecule is CC/C=C\C/C=C\C/C=C\C/C=C\C/C=C\C/C=C\C/C=C\CCCCCCCCCCCCCCCCCCCCCC(=O)OC(COC(=O)CCCCCCC/C=C\CCCC)COP(=O)([O-])OCC[N+](C)(C)C. The van der Waals surface area contributed by atoms with Gasteiger partial charge in [-0.1, -0.05) is 252 Å². The number of rotatable bonds is 56. The predicted octanol–water partition coefficient (Wildman–Crippen LogP) is 19.0. The third kappa shape index (κ3) is 60.2. The van der Waals surface area contributed by atoms with Gasteiger partial charge in [0, 0.05) is 12.8 Å². The van der Waals surface area contributed by atoms with Gasteiger partial charge >= 0.3 is 11.9 Å². The van der Waals surface area contributed by atoms with E-state index in [1.165, 1.54) is 116 Å². The van der Waals surface area contributed by atoms with Gasteiger partial charge in [0.2, 0.25) is 0 Å².